The van der Waals surface area contributed by atoms with Crippen molar-refractivity contribution >= 4 is 11.6 Å². The number of alkyl halides is 1. The maximum atomic E-state index is 5.76. The lowest BCUT2D eigenvalue weighted by Gasteiger charge is -2.08. The molecule has 2 aromatic carbocycles. The Labute approximate surface area is 125 Å². The van der Waals surface area contributed by atoms with Crippen LogP contribution in [0, 0.1) is 0 Å². The third kappa shape index (κ3) is 4.46. The molecule has 0 atom stereocenters. The van der Waals surface area contributed by atoms with Crippen LogP contribution in [0.1, 0.15) is 25.3 Å². The molecule has 0 bridgehead atoms. The van der Waals surface area contributed by atoms with Crippen LogP contribution in [0.3, 0.4) is 0 Å². The van der Waals surface area contributed by atoms with E-state index in [1.807, 2.05) is 48.5 Å². The second-order valence-corrected chi connectivity index (χ2v) is 4.82. The van der Waals surface area contributed by atoms with Crippen molar-refractivity contribution in [3.63, 3.8) is 0 Å². The van der Waals surface area contributed by atoms with Gasteiger partial charge in [-0.1, -0.05) is 25.5 Å². The highest BCUT2D eigenvalue weighted by molar-refractivity contribution is 6.17. The summed E-state index contributed by atoms with van der Waals surface area (Å²) in [6.07, 6.45) is 2.21. The van der Waals surface area contributed by atoms with Gasteiger partial charge in [-0.25, -0.2) is 0 Å². The van der Waals surface area contributed by atoms with Crippen molar-refractivity contribution in [1.29, 1.82) is 0 Å². The molecule has 0 heterocycles. The highest BCUT2D eigenvalue weighted by atomic mass is 35.5. The van der Waals surface area contributed by atoms with E-state index < -0.39 is 0 Å². The van der Waals surface area contributed by atoms with Gasteiger partial charge in [-0.05, 0) is 48.4 Å². The summed E-state index contributed by atoms with van der Waals surface area (Å²) >= 11 is 5.75. The second kappa shape index (κ2) is 7.81. The molecule has 20 heavy (non-hydrogen) atoms. The Morgan fingerprint density at radius 2 is 1.40 bits per heavy atom. The summed E-state index contributed by atoms with van der Waals surface area (Å²) in [5.41, 5.74) is 1.08. The molecule has 0 aliphatic carbocycles. The quantitative estimate of drug-likeness (QED) is 0.502. The fraction of sp³-hybridized carbons (Fsp3) is 0.294. The number of benzene rings is 2. The third-order valence-electron chi connectivity index (χ3n) is 2.90. The molecular formula is C17H19ClO2. The van der Waals surface area contributed by atoms with Gasteiger partial charge in [0.1, 0.15) is 17.2 Å². The molecule has 0 saturated heterocycles. The van der Waals surface area contributed by atoms with E-state index in [4.69, 9.17) is 21.1 Å². The van der Waals surface area contributed by atoms with Crippen molar-refractivity contribution in [2.24, 2.45) is 0 Å². The molecule has 2 nitrogen and oxygen atoms in total. The van der Waals surface area contributed by atoms with E-state index in [9.17, 15) is 0 Å². The van der Waals surface area contributed by atoms with Gasteiger partial charge in [0.15, 0.2) is 0 Å². The zero-order valence-electron chi connectivity index (χ0n) is 11.6. The van der Waals surface area contributed by atoms with Crippen molar-refractivity contribution < 1.29 is 9.47 Å². The maximum Gasteiger partial charge on any atom is 0.127 e. The summed E-state index contributed by atoms with van der Waals surface area (Å²) in [4.78, 5) is 0. The van der Waals surface area contributed by atoms with Crippen molar-refractivity contribution in [2.45, 2.75) is 25.6 Å². The molecule has 0 aromatic heterocycles. The Hall–Kier alpha value is -1.67. The summed E-state index contributed by atoms with van der Waals surface area (Å²) in [6, 6.07) is 15.5. The summed E-state index contributed by atoms with van der Waals surface area (Å²) in [5, 5.41) is 0. The lowest BCUT2D eigenvalue weighted by atomic mass is 10.2. The Morgan fingerprint density at radius 3 is 1.95 bits per heavy atom. The van der Waals surface area contributed by atoms with Gasteiger partial charge in [0, 0.05) is 5.88 Å². The topological polar surface area (TPSA) is 18.5 Å². The first-order valence-corrected chi connectivity index (χ1v) is 7.41. The fourth-order valence-electron chi connectivity index (χ4n) is 1.72. The number of rotatable bonds is 7. The molecule has 0 spiro atoms. The van der Waals surface area contributed by atoms with E-state index in [1.165, 1.54) is 0 Å². The van der Waals surface area contributed by atoms with Crippen LogP contribution >= 0.6 is 11.6 Å². The zero-order chi connectivity index (χ0) is 14.2. The monoisotopic (exact) mass is 290 g/mol. The summed E-state index contributed by atoms with van der Waals surface area (Å²) < 4.78 is 11.4. The molecule has 0 aliphatic heterocycles. The lowest BCUT2D eigenvalue weighted by molar-refractivity contribution is 0.309. The van der Waals surface area contributed by atoms with Gasteiger partial charge in [-0.3, -0.25) is 0 Å². The summed E-state index contributed by atoms with van der Waals surface area (Å²) in [7, 11) is 0. The largest absolute Gasteiger partial charge is 0.494 e. The Balaban J connectivity index is 1.92. The third-order valence-corrected chi connectivity index (χ3v) is 3.21. The Morgan fingerprint density at radius 1 is 0.850 bits per heavy atom. The fourth-order valence-corrected chi connectivity index (χ4v) is 1.90. The van der Waals surface area contributed by atoms with E-state index in [2.05, 4.69) is 6.92 Å². The molecule has 0 saturated carbocycles. The average molecular weight is 291 g/mol. The molecule has 3 heteroatoms. The molecular weight excluding hydrogens is 272 g/mol. The standard InChI is InChI=1S/C17H19ClO2/c1-2-3-12-19-15-8-10-17(11-9-15)20-16-6-4-14(13-18)5-7-16/h4-11H,2-3,12-13H2,1H3. The predicted molar refractivity (Wildman–Crippen MR) is 82.9 cm³/mol. The van der Waals surface area contributed by atoms with Crippen molar-refractivity contribution in [3.05, 3.63) is 54.1 Å². The van der Waals surface area contributed by atoms with Gasteiger partial charge in [0.25, 0.3) is 0 Å². The summed E-state index contributed by atoms with van der Waals surface area (Å²) in [6.45, 7) is 2.91. The van der Waals surface area contributed by atoms with Gasteiger partial charge in [-0.15, -0.1) is 11.6 Å². The highest BCUT2D eigenvalue weighted by Gasteiger charge is 1.99. The number of hydrogen-bond donors (Lipinski definition) is 0. The normalized spacial score (nSPS) is 10.3. The first kappa shape index (κ1) is 14.7. The average Bonchev–Trinajstić information content (AvgIpc) is 2.50. The summed E-state index contributed by atoms with van der Waals surface area (Å²) in [5.74, 6) is 3.00. The minimum Gasteiger partial charge on any atom is -0.494 e. The van der Waals surface area contributed by atoms with Crippen LogP contribution in [0.25, 0.3) is 0 Å². The maximum absolute atomic E-state index is 5.76. The molecule has 0 aliphatic rings. The molecule has 0 amide bonds. The molecule has 0 N–H and O–H groups in total. The van der Waals surface area contributed by atoms with E-state index >= 15 is 0 Å². The molecule has 2 rings (SSSR count). The predicted octanol–water partition coefficient (Wildman–Crippen LogP) is 5.40. The zero-order valence-corrected chi connectivity index (χ0v) is 12.4. The van der Waals surface area contributed by atoms with Gasteiger partial charge < -0.3 is 9.47 Å². The molecule has 0 radical (unpaired) electrons. The van der Waals surface area contributed by atoms with Crippen molar-refractivity contribution in [3.8, 4) is 17.2 Å². The van der Waals surface area contributed by atoms with Gasteiger partial charge >= 0.3 is 0 Å². The van der Waals surface area contributed by atoms with E-state index in [1.54, 1.807) is 0 Å². The Bertz CT molecular complexity index is 506. The SMILES string of the molecule is CCCCOc1ccc(Oc2ccc(CCl)cc2)cc1. The van der Waals surface area contributed by atoms with Gasteiger partial charge in [0.2, 0.25) is 0 Å². The lowest BCUT2D eigenvalue weighted by Crippen LogP contribution is -1.96. The van der Waals surface area contributed by atoms with Crippen LogP contribution in [-0.2, 0) is 5.88 Å². The van der Waals surface area contributed by atoms with Crippen molar-refractivity contribution in [2.75, 3.05) is 6.61 Å². The Kier molecular flexibility index (Phi) is 5.75. The van der Waals surface area contributed by atoms with Crippen LogP contribution in [-0.4, -0.2) is 6.61 Å². The molecule has 0 unspecified atom stereocenters. The van der Waals surface area contributed by atoms with Gasteiger partial charge in [-0.2, -0.15) is 0 Å². The van der Waals surface area contributed by atoms with Crippen LogP contribution in [0.4, 0.5) is 0 Å². The first-order valence-electron chi connectivity index (χ1n) is 6.87. The van der Waals surface area contributed by atoms with Gasteiger partial charge in [0.05, 0.1) is 6.61 Å². The van der Waals surface area contributed by atoms with Crippen LogP contribution in [0.5, 0.6) is 17.2 Å². The van der Waals surface area contributed by atoms with Crippen LogP contribution in [0.2, 0.25) is 0 Å². The minimum absolute atomic E-state index is 0.518. The van der Waals surface area contributed by atoms with Crippen LogP contribution in [0.15, 0.2) is 48.5 Å². The first-order chi connectivity index (χ1) is 9.81. The molecule has 2 aromatic rings. The second-order valence-electron chi connectivity index (χ2n) is 4.55. The minimum atomic E-state index is 0.518. The van der Waals surface area contributed by atoms with E-state index in [-0.39, 0.29) is 0 Å². The number of ether oxygens (including phenoxy) is 2. The highest BCUT2D eigenvalue weighted by Crippen LogP contribution is 2.24. The number of unbranched alkanes of at least 4 members (excludes halogenated alkanes) is 1. The van der Waals surface area contributed by atoms with Crippen LogP contribution < -0.4 is 9.47 Å². The van der Waals surface area contributed by atoms with E-state index in [0.717, 1.165) is 42.3 Å². The molecule has 106 valence electrons. The smallest absolute Gasteiger partial charge is 0.127 e. The number of halogens is 1. The van der Waals surface area contributed by atoms with E-state index in [0.29, 0.717) is 5.88 Å². The molecule has 0 fully saturated rings. The van der Waals surface area contributed by atoms with Crippen molar-refractivity contribution in [1.82, 2.24) is 0 Å². The number of hydrogen-bond acceptors (Lipinski definition) is 2.